The third-order valence-electron chi connectivity index (χ3n) is 2.99. The van der Waals surface area contributed by atoms with Crippen LogP contribution < -0.4 is 14.4 Å². The maximum atomic E-state index is 12.0. The number of benzene rings is 1. The first-order chi connectivity index (χ1) is 10.8. The zero-order valence-corrected chi connectivity index (χ0v) is 14.9. The van der Waals surface area contributed by atoms with Crippen molar-refractivity contribution in [3.8, 4) is 5.75 Å². The highest BCUT2D eigenvalue weighted by molar-refractivity contribution is 7.92. The third kappa shape index (κ3) is 6.25. The second kappa shape index (κ2) is 8.95. The van der Waals surface area contributed by atoms with Crippen molar-refractivity contribution in [3.05, 3.63) is 23.2 Å². The quantitative estimate of drug-likeness (QED) is 0.667. The summed E-state index contributed by atoms with van der Waals surface area (Å²) in [6.45, 7) is 0.790. The molecule has 0 spiro atoms. The second-order valence-corrected chi connectivity index (χ2v) is 7.06. The van der Waals surface area contributed by atoms with E-state index in [1.54, 1.807) is 12.1 Å². The monoisotopic (exact) mass is 364 g/mol. The molecule has 23 heavy (non-hydrogen) atoms. The van der Waals surface area contributed by atoms with Crippen LogP contribution in [0.2, 0.25) is 5.02 Å². The second-order valence-electron chi connectivity index (χ2n) is 4.75. The summed E-state index contributed by atoms with van der Waals surface area (Å²) in [4.78, 5) is 11.7. The van der Waals surface area contributed by atoms with E-state index in [9.17, 15) is 13.2 Å². The Hall–Kier alpha value is -1.51. The lowest BCUT2D eigenvalue weighted by molar-refractivity contribution is -0.121. The van der Waals surface area contributed by atoms with Crippen LogP contribution in [0.1, 0.15) is 6.42 Å². The molecule has 0 bridgehead atoms. The molecule has 1 N–H and O–H groups in total. The van der Waals surface area contributed by atoms with Gasteiger partial charge in [0.15, 0.2) is 0 Å². The smallest absolute Gasteiger partial charge is 0.232 e. The highest BCUT2D eigenvalue weighted by Crippen LogP contribution is 2.30. The minimum atomic E-state index is -3.55. The molecular formula is C14H21ClN2O5S. The van der Waals surface area contributed by atoms with E-state index in [-0.39, 0.29) is 18.9 Å². The molecule has 1 amide bonds. The van der Waals surface area contributed by atoms with Crippen LogP contribution in [0.5, 0.6) is 5.75 Å². The summed E-state index contributed by atoms with van der Waals surface area (Å²) in [5.41, 5.74) is 0.378. The zero-order valence-electron chi connectivity index (χ0n) is 13.3. The number of carbonyl (C=O) groups is 1. The number of rotatable bonds is 9. The lowest BCUT2D eigenvalue weighted by atomic mass is 10.3. The van der Waals surface area contributed by atoms with Gasteiger partial charge in [-0.2, -0.15) is 0 Å². The van der Waals surface area contributed by atoms with Crippen molar-refractivity contribution in [1.29, 1.82) is 0 Å². The predicted octanol–water partition coefficient (Wildman–Crippen LogP) is 1.27. The number of nitrogens with zero attached hydrogens (tertiary/aromatic N) is 1. The Morgan fingerprint density at radius 2 is 2.04 bits per heavy atom. The van der Waals surface area contributed by atoms with Gasteiger partial charge >= 0.3 is 0 Å². The van der Waals surface area contributed by atoms with Gasteiger partial charge in [0.05, 0.1) is 30.7 Å². The Morgan fingerprint density at radius 3 is 2.57 bits per heavy atom. The summed E-state index contributed by atoms with van der Waals surface area (Å²) in [5.74, 6) is 0.191. The fourth-order valence-electron chi connectivity index (χ4n) is 1.88. The third-order valence-corrected chi connectivity index (χ3v) is 4.48. The standard InChI is InChI=1S/C14H21ClN2O5S/c1-21-9-7-16-14(18)6-8-17(23(3,19)20)11-4-5-13(22-2)12(15)10-11/h4-5,10H,6-9H2,1-3H3,(H,16,18). The Kier molecular flexibility index (Phi) is 7.60. The van der Waals surface area contributed by atoms with Crippen molar-refractivity contribution in [2.24, 2.45) is 0 Å². The molecule has 9 heteroatoms. The normalized spacial score (nSPS) is 11.1. The molecule has 1 rings (SSSR count). The average molecular weight is 365 g/mol. The Labute approximate surface area is 141 Å². The van der Waals surface area contributed by atoms with Crippen LogP contribution in [0.3, 0.4) is 0 Å². The minimum Gasteiger partial charge on any atom is -0.495 e. The van der Waals surface area contributed by atoms with E-state index in [1.807, 2.05) is 0 Å². The molecule has 130 valence electrons. The van der Waals surface area contributed by atoms with Gasteiger partial charge in [0.1, 0.15) is 5.75 Å². The molecule has 7 nitrogen and oxygen atoms in total. The van der Waals surface area contributed by atoms with Gasteiger partial charge in [0, 0.05) is 26.6 Å². The Balaban J connectivity index is 2.82. The number of sulfonamides is 1. The summed E-state index contributed by atoms with van der Waals surface area (Å²) >= 11 is 6.03. The number of hydrogen-bond acceptors (Lipinski definition) is 5. The SMILES string of the molecule is COCCNC(=O)CCN(c1ccc(OC)c(Cl)c1)S(C)(=O)=O. The van der Waals surface area contributed by atoms with E-state index < -0.39 is 10.0 Å². The van der Waals surface area contributed by atoms with Gasteiger partial charge in [-0.1, -0.05) is 11.6 Å². The molecule has 1 aromatic carbocycles. The Morgan fingerprint density at radius 1 is 1.35 bits per heavy atom. The van der Waals surface area contributed by atoms with Crippen molar-refractivity contribution < 1.29 is 22.7 Å². The number of anilines is 1. The van der Waals surface area contributed by atoms with E-state index in [0.29, 0.717) is 29.6 Å². The number of methoxy groups -OCH3 is 2. The lowest BCUT2D eigenvalue weighted by Gasteiger charge is -2.22. The van der Waals surface area contributed by atoms with Gasteiger partial charge in [0.2, 0.25) is 15.9 Å². The zero-order chi connectivity index (χ0) is 17.5. The molecule has 0 saturated heterocycles. The van der Waals surface area contributed by atoms with Crippen LogP contribution in [0.15, 0.2) is 18.2 Å². The summed E-state index contributed by atoms with van der Waals surface area (Å²) in [5, 5.41) is 2.93. The topological polar surface area (TPSA) is 84.9 Å². The maximum Gasteiger partial charge on any atom is 0.232 e. The highest BCUT2D eigenvalue weighted by atomic mass is 35.5. The number of hydrogen-bond donors (Lipinski definition) is 1. The fraction of sp³-hybridized carbons (Fsp3) is 0.500. The molecule has 0 fully saturated rings. The summed E-state index contributed by atoms with van der Waals surface area (Å²) in [6.07, 6.45) is 1.11. The average Bonchev–Trinajstić information content (AvgIpc) is 2.46. The van der Waals surface area contributed by atoms with E-state index in [4.69, 9.17) is 21.1 Å². The van der Waals surface area contributed by atoms with Gasteiger partial charge in [-0.3, -0.25) is 9.10 Å². The molecule has 0 aromatic heterocycles. The number of amides is 1. The number of halogens is 1. The minimum absolute atomic E-state index is 0.0142. The molecule has 1 aromatic rings. The number of nitrogens with one attached hydrogen (secondary N) is 1. The first-order valence-electron chi connectivity index (χ1n) is 6.86. The van der Waals surface area contributed by atoms with Crippen molar-refractivity contribution in [1.82, 2.24) is 5.32 Å². The van der Waals surface area contributed by atoms with E-state index in [0.717, 1.165) is 10.6 Å². The van der Waals surface area contributed by atoms with Crippen molar-refractivity contribution >= 4 is 33.2 Å². The highest BCUT2D eigenvalue weighted by Gasteiger charge is 2.19. The van der Waals surface area contributed by atoms with Gasteiger partial charge < -0.3 is 14.8 Å². The molecule has 0 aliphatic heterocycles. The first-order valence-corrected chi connectivity index (χ1v) is 9.09. The Bertz CT molecular complexity index is 636. The van der Waals surface area contributed by atoms with Gasteiger partial charge in [-0.15, -0.1) is 0 Å². The van der Waals surface area contributed by atoms with E-state index in [1.165, 1.54) is 20.3 Å². The van der Waals surface area contributed by atoms with Crippen LogP contribution >= 0.6 is 11.6 Å². The summed E-state index contributed by atoms with van der Waals surface area (Å²) in [7, 11) is -0.541. The molecule has 0 atom stereocenters. The van der Waals surface area contributed by atoms with Gasteiger partial charge in [-0.25, -0.2) is 8.42 Å². The number of carbonyl (C=O) groups excluding carboxylic acids is 1. The van der Waals surface area contributed by atoms with Crippen LogP contribution in [0, 0.1) is 0 Å². The molecule has 0 heterocycles. The van der Waals surface area contributed by atoms with Crippen LogP contribution in [-0.2, 0) is 19.6 Å². The lowest BCUT2D eigenvalue weighted by Crippen LogP contribution is -2.35. The van der Waals surface area contributed by atoms with Gasteiger partial charge in [-0.05, 0) is 18.2 Å². The van der Waals surface area contributed by atoms with E-state index >= 15 is 0 Å². The number of ether oxygens (including phenoxy) is 2. The molecule has 0 aliphatic rings. The first kappa shape index (κ1) is 19.5. The molecule has 0 unspecified atom stereocenters. The summed E-state index contributed by atoms with van der Waals surface area (Å²) in [6, 6.07) is 4.65. The van der Waals surface area contributed by atoms with Crippen molar-refractivity contribution in [2.45, 2.75) is 6.42 Å². The van der Waals surface area contributed by atoms with Gasteiger partial charge in [0.25, 0.3) is 0 Å². The predicted molar refractivity (Wildman–Crippen MR) is 89.7 cm³/mol. The van der Waals surface area contributed by atoms with Crippen LogP contribution in [0.25, 0.3) is 0 Å². The molecule has 0 saturated carbocycles. The fourth-order valence-corrected chi connectivity index (χ4v) is 3.05. The molecule has 0 radical (unpaired) electrons. The molecular weight excluding hydrogens is 344 g/mol. The van der Waals surface area contributed by atoms with Crippen LogP contribution in [-0.4, -0.2) is 54.5 Å². The van der Waals surface area contributed by atoms with Crippen molar-refractivity contribution in [2.75, 3.05) is 44.5 Å². The van der Waals surface area contributed by atoms with Crippen LogP contribution in [0.4, 0.5) is 5.69 Å². The molecule has 0 aliphatic carbocycles. The summed E-state index contributed by atoms with van der Waals surface area (Å²) < 4.78 is 34.9. The van der Waals surface area contributed by atoms with Crippen molar-refractivity contribution in [3.63, 3.8) is 0 Å². The largest absolute Gasteiger partial charge is 0.495 e. The maximum absolute atomic E-state index is 12.0. The van der Waals surface area contributed by atoms with E-state index in [2.05, 4.69) is 5.32 Å².